The molecule has 4 nitrogen and oxygen atoms in total. The summed E-state index contributed by atoms with van der Waals surface area (Å²) in [6, 6.07) is 16.5. The molecule has 1 aliphatic heterocycles. The average molecular weight is 396 g/mol. The third-order valence-electron chi connectivity index (χ3n) is 5.77. The number of halogens is 1. The van der Waals surface area contributed by atoms with E-state index in [0.717, 1.165) is 24.1 Å². The summed E-state index contributed by atoms with van der Waals surface area (Å²) in [7, 11) is 1.41. The van der Waals surface area contributed by atoms with Crippen LogP contribution in [-0.2, 0) is 14.3 Å². The molecule has 0 spiro atoms. The summed E-state index contributed by atoms with van der Waals surface area (Å²) in [5, 5.41) is 0.613. The molecule has 4 atom stereocenters. The number of anilines is 1. The van der Waals surface area contributed by atoms with E-state index in [1.807, 2.05) is 48.5 Å². The van der Waals surface area contributed by atoms with Crippen molar-refractivity contribution in [3.8, 4) is 0 Å². The van der Waals surface area contributed by atoms with Gasteiger partial charge in [-0.05, 0) is 42.7 Å². The molecule has 28 heavy (non-hydrogen) atoms. The van der Waals surface area contributed by atoms with Gasteiger partial charge < -0.3 is 9.64 Å². The van der Waals surface area contributed by atoms with Crippen LogP contribution in [0.4, 0.5) is 5.69 Å². The summed E-state index contributed by atoms with van der Waals surface area (Å²) in [5.41, 5.74) is 1.66. The Morgan fingerprint density at radius 3 is 2.50 bits per heavy atom. The lowest BCUT2D eigenvalue weighted by Crippen LogP contribution is -2.55. The highest BCUT2D eigenvalue weighted by Crippen LogP contribution is 2.48. The van der Waals surface area contributed by atoms with Gasteiger partial charge in [-0.3, -0.25) is 9.59 Å². The van der Waals surface area contributed by atoms with E-state index in [9.17, 15) is 9.59 Å². The molecular weight excluding hydrogens is 374 g/mol. The number of ether oxygens (including phenoxy) is 1. The van der Waals surface area contributed by atoms with E-state index >= 15 is 0 Å². The van der Waals surface area contributed by atoms with Crippen LogP contribution in [0.5, 0.6) is 0 Å². The Kier molecular flexibility index (Phi) is 5.23. The molecule has 0 saturated carbocycles. The average Bonchev–Trinajstić information content (AvgIpc) is 2.74. The molecule has 0 aromatic heterocycles. The lowest BCUT2D eigenvalue weighted by Gasteiger charge is -2.48. The molecule has 1 fully saturated rings. The maximum atomic E-state index is 13.6. The highest BCUT2D eigenvalue weighted by molar-refractivity contribution is 6.30. The van der Waals surface area contributed by atoms with E-state index in [0.29, 0.717) is 5.02 Å². The molecule has 0 unspecified atom stereocenters. The zero-order valence-corrected chi connectivity index (χ0v) is 16.4. The van der Waals surface area contributed by atoms with Gasteiger partial charge in [0.25, 0.3) is 0 Å². The molecule has 4 rings (SSSR count). The SMILES string of the molecule is COC(=O)[C@H]1[C@H]2C=CCC[C@@H]2C(=O)N(c2ccccc2)[C@H]1c1ccc(Cl)cc1. The standard InChI is InChI=1S/C23H22ClNO3/c1-28-23(27)20-18-9-5-6-10-19(18)22(26)25(17-7-3-2-4-8-17)21(20)15-11-13-16(24)14-12-15/h2-5,7-9,11-14,18-21H,6,10H2,1H3/t18-,19-,20-,21-/m0/s1. The van der Waals surface area contributed by atoms with E-state index in [-0.39, 0.29) is 23.7 Å². The quantitative estimate of drug-likeness (QED) is 0.554. The largest absolute Gasteiger partial charge is 0.469 e. The van der Waals surface area contributed by atoms with Gasteiger partial charge in [0.15, 0.2) is 0 Å². The van der Waals surface area contributed by atoms with E-state index in [1.54, 1.807) is 17.0 Å². The van der Waals surface area contributed by atoms with Gasteiger partial charge in [-0.25, -0.2) is 0 Å². The minimum Gasteiger partial charge on any atom is -0.469 e. The maximum absolute atomic E-state index is 13.6. The van der Waals surface area contributed by atoms with Crippen LogP contribution in [-0.4, -0.2) is 19.0 Å². The first-order valence-electron chi connectivity index (χ1n) is 9.50. The van der Waals surface area contributed by atoms with Gasteiger partial charge in [-0.2, -0.15) is 0 Å². The van der Waals surface area contributed by atoms with Gasteiger partial charge in [-0.15, -0.1) is 0 Å². The molecule has 0 radical (unpaired) electrons. The Hall–Kier alpha value is -2.59. The molecule has 2 aliphatic rings. The Morgan fingerprint density at radius 2 is 1.82 bits per heavy atom. The molecule has 2 aromatic rings. The number of hydrogen-bond acceptors (Lipinski definition) is 3. The minimum absolute atomic E-state index is 0.0562. The number of nitrogens with zero attached hydrogens (tertiary/aromatic N) is 1. The number of benzene rings is 2. The van der Waals surface area contributed by atoms with Gasteiger partial charge in [0.05, 0.1) is 19.1 Å². The smallest absolute Gasteiger partial charge is 0.311 e. The van der Waals surface area contributed by atoms with Crippen LogP contribution in [0.3, 0.4) is 0 Å². The van der Waals surface area contributed by atoms with Crippen molar-refractivity contribution < 1.29 is 14.3 Å². The molecule has 1 saturated heterocycles. The number of allylic oxidation sites excluding steroid dienone is 2. The molecule has 1 aliphatic carbocycles. The van der Waals surface area contributed by atoms with Crippen LogP contribution >= 0.6 is 11.6 Å². The number of carbonyl (C=O) groups is 2. The zero-order valence-electron chi connectivity index (χ0n) is 15.6. The fourth-order valence-electron chi connectivity index (χ4n) is 4.52. The Labute approximate surface area is 169 Å². The highest BCUT2D eigenvalue weighted by atomic mass is 35.5. The molecule has 2 aromatic carbocycles. The number of amides is 1. The second kappa shape index (κ2) is 7.80. The molecule has 5 heteroatoms. The summed E-state index contributed by atoms with van der Waals surface area (Å²) < 4.78 is 5.20. The number of para-hydroxylation sites is 1. The normalized spacial score (nSPS) is 26.6. The molecular formula is C23H22ClNO3. The third kappa shape index (κ3) is 3.22. The second-order valence-corrected chi connectivity index (χ2v) is 7.71. The number of hydrogen-bond donors (Lipinski definition) is 0. The Balaban J connectivity index is 1.90. The molecule has 0 N–H and O–H groups in total. The first-order chi connectivity index (χ1) is 13.6. The monoisotopic (exact) mass is 395 g/mol. The van der Waals surface area contributed by atoms with Crippen molar-refractivity contribution in [1.82, 2.24) is 0 Å². The Morgan fingerprint density at radius 1 is 1.11 bits per heavy atom. The van der Waals surface area contributed by atoms with Crippen LogP contribution in [0.1, 0.15) is 24.4 Å². The second-order valence-electron chi connectivity index (χ2n) is 7.28. The number of fused-ring (bicyclic) bond motifs is 1. The summed E-state index contributed by atoms with van der Waals surface area (Å²) in [4.78, 5) is 28.3. The van der Waals surface area contributed by atoms with Crippen LogP contribution in [0, 0.1) is 17.8 Å². The number of rotatable bonds is 3. The third-order valence-corrected chi connectivity index (χ3v) is 6.03. The number of piperidine rings is 1. The summed E-state index contributed by atoms with van der Waals surface area (Å²) in [6.45, 7) is 0. The van der Waals surface area contributed by atoms with Gasteiger partial charge in [0, 0.05) is 22.5 Å². The molecule has 1 amide bonds. The first kappa shape index (κ1) is 18.8. The lowest BCUT2D eigenvalue weighted by molar-refractivity contribution is -0.151. The van der Waals surface area contributed by atoms with E-state index in [2.05, 4.69) is 6.08 Å². The van der Waals surface area contributed by atoms with Crippen molar-refractivity contribution >= 4 is 29.2 Å². The zero-order chi connectivity index (χ0) is 19.7. The first-order valence-corrected chi connectivity index (χ1v) is 9.87. The molecule has 144 valence electrons. The van der Waals surface area contributed by atoms with Crippen molar-refractivity contribution in [3.05, 3.63) is 77.3 Å². The van der Waals surface area contributed by atoms with Crippen molar-refractivity contribution in [2.24, 2.45) is 17.8 Å². The molecule has 0 bridgehead atoms. The minimum atomic E-state index is -0.481. The Bertz CT molecular complexity index is 894. The summed E-state index contributed by atoms with van der Waals surface area (Å²) in [5.74, 6) is -1.12. The van der Waals surface area contributed by atoms with Gasteiger partial charge in [0.1, 0.15) is 0 Å². The van der Waals surface area contributed by atoms with Crippen LogP contribution in [0.15, 0.2) is 66.7 Å². The van der Waals surface area contributed by atoms with E-state index < -0.39 is 12.0 Å². The fraction of sp³-hybridized carbons (Fsp3) is 0.304. The van der Waals surface area contributed by atoms with Crippen molar-refractivity contribution in [1.29, 1.82) is 0 Å². The number of carbonyl (C=O) groups excluding carboxylic acids is 2. The van der Waals surface area contributed by atoms with Crippen LogP contribution in [0.2, 0.25) is 5.02 Å². The summed E-state index contributed by atoms with van der Waals surface area (Å²) in [6.07, 6.45) is 5.68. The van der Waals surface area contributed by atoms with Gasteiger partial charge in [0.2, 0.25) is 5.91 Å². The number of methoxy groups -OCH3 is 1. The van der Waals surface area contributed by atoms with Gasteiger partial charge >= 0.3 is 5.97 Å². The van der Waals surface area contributed by atoms with Crippen molar-refractivity contribution in [2.45, 2.75) is 18.9 Å². The predicted octanol–water partition coefficient (Wildman–Crippen LogP) is 4.80. The van der Waals surface area contributed by atoms with Crippen LogP contribution in [0.25, 0.3) is 0 Å². The van der Waals surface area contributed by atoms with Crippen molar-refractivity contribution in [3.63, 3.8) is 0 Å². The van der Waals surface area contributed by atoms with Crippen LogP contribution < -0.4 is 4.90 Å². The topological polar surface area (TPSA) is 46.6 Å². The number of esters is 1. The predicted molar refractivity (Wildman–Crippen MR) is 109 cm³/mol. The van der Waals surface area contributed by atoms with Gasteiger partial charge in [-0.1, -0.05) is 54.1 Å². The van der Waals surface area contributed by atoms with E-state index in [4.69, 9.17) is 16.3 Å². The van der Waals surface area contributed by atoms with Crippen molar-refractivity contribution in [2.75, 3.05) is 12.0 Å². The molecule has 1 heterocycles. The summed E-state index contributed by atoms with van der Waals surface area (Å²) >= 11 is 6.09. The fourth-order valence-corrected chi connectivity index (χ4v) is 4.64. The lowest BCUT2D eigenvalue weighted by atomic mass is 9.67. The van der Waals surface area contributed by atoms with E-state index in [1.165, 1.54) is 7.11 Å². The maximum Gasteiger partial charge on any atom is 0.311 e. The highest BCUT2D eigenvalue weighted by Gasteiger charge is 2.52.